The molecule has 1 atom stereocenters. The first kappa shape index (κ1) is 15.3. The first-order chi connectivity index (χ1) is 10.6. The van der Waals surface area contributed by atoms with Crippen LogP contribution in [0.15, 0.2) is 27.4 Å². The van der Waals surface area contributed by atoms with E-state index >= 15 is 0 Å². The van der Waals surface area contributed by atoms with Crippen molar-refractivity contribution in [2.45, 2.75) is 23.4 Å². The van der Waals surface area contributed by atoms with Crippen LogP contribution in [-0.2, 0) is 38.8 Å². The van der Waals surface area contributed by atoms with Crippen molar-refractivity contribution in [3.8, 4) is 5.75 Å². The Kier molecular flexibility index (Phi) is 4.38. The van der Waals surface area contributed by atoms with E-state index in [1.807, 2.05) is 19.1 Å². The second kappa shape index (κ2) is 6.28. The third-order valence-electron chi connectivity index (χ3n) is 3.73. The molecular formula is C15H14HgO6. The molecule has 0 radical (unpaired) electrons. The van der Waals surface area contributed by atoms with E-state index in [2.05, 4.69) is 4.74 Å². The quantitative estimate of drug-likeness (QED) is 0.374. The molecule has 1 aromatic carbocycles. The number of carbonyl (C=O) groups excluding carboxylic acids is 1. The molecule has 0 aliphatic carbocycles. The summed E-state index contributed by atoms with van der Waals surface area (Å²) < 4.78 is 21.6. The Labute approximate surface area is 139 Å². The molecule has 2 heterocycles. The van der Waals surface area contributed by atoms with Crippen molar-refractivity contribution in [3.63, 3.8) is 0 Å². The molecule has 1 unspecified atom stereocenters. The summed E-state index contributed by atoms with van der Waals surface area (Å²) in [4.78, 5) is 22.6. The Morgan fingerprint density at radius 3 is 3.05 bits per heavy atom. The predicted octanol–water partition coefficient (Wildman–Crippen LogP) is 2.60. The van der Waals surface area contributed by atoms with Crippen LogP contribution in [0.3, 0.4) is 0 Å². The van der Waals surface area contributed by atoms with Crippen LogP contribution >= 0.6 is 0 Å². The summed E-state index contributed by atoms with van der Waals surface area (Å²) in [6, 6.07) is 5.30. The van der Waals surface area contributed by atoms with Crippen LogP contribution < -0.4 is 10.4 Å². The Balaban J connectivity index is 1.80. The molecule has 112 valence electrons. The minimum atomic E-state index is -1.81. The Bertz CT molecular complexity index is 781. The fraction of sp³-hybridized carbons (Fsp3) is 0.333. The normalized spacial score (nSPS) is 15.8. The standard InChI is InChI=1S/C13H11O3.C2H4O3.Hg/c1-7-5-12(14)16-13-9(7)3-4-11-10(13)6-8(2)15-11;1-5-2(3)4;/h3-5,8H,2,6H2,1H3;1H3,(H,3,4);/q;;+1/p-1. The third kappa shape index (κ3) is 2.97. The molecule has 2 aromatic rings. The van der Waals surface area contributed by atoms with E-state index in [4.69, 9.17) is 11.8 Å². The average Bonchev–Trinajstić information content (AvgIpc) is 2.90. The van der Waals surface area contributed by atoms with Crippen molar-refractivity contribution in [2.24, 2.45) is 0 Å². The number of fused-ring (bicyclic) bond motifs is 3. The number of carbonyl (C=O) groups is 1. The van der Waals surface area contributed by atoms with Gasteiger partial charge < -0.3 is 0 Å². The molecule has 1 aromatic heterocycles. The first-order valence-corrected chi connectivity index (χ1v) is 13.2. The van der Waals surface area contributed by atoms with Gasteiger partial charge in [-0.25, -0.2) is 0 Å². The van der Waals surface area contributed by atoms with Gasteiger partial charge in [-0.2, -0.15) is 0 Å². The molecule has 0 saturated heterocycles. The van der Waals surface area contributed by atoms with Crippen molar-refractivity contribution >= 4 is 17.1 Å². The summed E-state index contributed by atoms with van der Waals surface area (Å²) in [5.41, 5.74) is 2.08. The monoisotopic (exact) mass is 492 g/mol. The summed E-state index contributed by atoms with van der Waals surface area (Å²) in [5, 5.41) is 0.929. The van der Waals surface area contributed by atoms with Crippen LogP contribution in [0.4, 0.5) is 4.79 Å². The molecule has 0 bridgehead atoms. The van der Waals surface area contributed by atoms with Crippen molar-refractivity contribution < 1.29 is 46.4 Å². The van der Waals surface area contributed by atoms with Crippen LogP contribution in [0.1, 0.15) is 11.1 Å². The van der Waals surface area contributed by atoms with E-state index in [9.17, 15) is 9.59 Å². The van der Waals surface area contributed by atoms with Crippen LogP contribution in [0, 0.1) is 6.92 Å². The van der Waals surface area contributed by atoms with Gasteiger partial charge in [0.1, 0.15) is 0 Å². The van der Waals surface area contributed by atoms with Crippen molar-refractivity contribution in [2.75, 3.05) is 7.11 Å². The van der Waals surface area contributed by atoms with Gasteiger partial charge in [-0.1, -0.05) is 0 Å². The maximum absolute atomic E-state index is 11.6. The van der Waals surface area contributed by atoms with E-state index < -0.39 is 31.2 Å². The molecule has 0 spiro atoms. The van der Waals surface area contributed by atoms with E-state index in [0.717, 1.165) is 26.2 Å². The summed E-state index contributed by atoms with van der Waals surface area (Å²) in [6.45, 7) is 1.89. The Morgan fingerprint density at radius 2 is 2.27 bits per heavy atom. The molecule has 0 N–H and O–H groups in total. The van der Waals surface area contributed by atoms with Crippen molar-refractivity contribution in [1.82, 2.24) is 0 Å². The van der Waals surface area contributed by atoms with Crippen LogP contribution in [-0.4, -0.2) is 19.4 Å². The van der Waals surface area contributed by atoms with Gasteiger partial charge in [0.2, 0.25) is 0 Å². The number of hydrogen-bond donors (Lipinski definition) is 0. The molecule has 0 saturated carbocycles. The number of hydrogen-bond acceptors (Lipinski definition) is 6. The van der Waals surface area contributed by atoms with Gasteiger partial charge in [-0.3, -0.25) is 0 Å². The van der Waals surface area contributed by atoms with Gasteiger partial charge >= 0.3 is 139 Å². The number of aryl methyl sites for hydroxylation is 1. The molecule has 6 nitrogen and oxygen atoms in total. The number of rotatable bonds is 3. The molecule has 22 heavy (non-hydrogen) atoms. The van der Waals surface area contributed by atoms with E-state index in [1.165, 1.54) is 13.2 Å². The van der Waals surface area contributed by atoms with Gasteiger partial charge in [0.25, 0.3) is 0 Å². The van der Waals surface area contributed by atoms with E-state index in [1.54, 1.807) is 0 Å². The first-order valence-electron chi connectivity index (χ1n) is 7.02. The number of ether oxygens (including phenoxy) is 2. The third-order valence-corrected chi connectivity index (χ3v) is 8.86. The maximum atomic E-state index is 11.6. The van der Waals surface area contributed by atoms with Gasteiger partial charge in [0.15, 0.2) is 0 Å². The molecule has 3 rings (SSSR count). The minimum absolute atomic E-state index is 0.0160. The molecule has 0 fully saturated rings. The fourth-order valence-electron chi connectivity index (χ4n) is 2.67. The zero-order chi connectivity index (χ0) is 15.7. The molecule has 1 aliphatic heterocycles. The van der Waals surface area contributed by atoms with Crippen molar-refractivity contribution in [1.29, 1.82) is 0 Å². The number of methoxy groups -OCH3 is 1. The van der Waals surface area contributed by atoms with Crippen molar-refractivity contribution in [3.05, 3.63) is 39.7 Å². The summed E-state index contributed by atoms with van der Waals surface area (Å²) in [5.74, 6) is 0.748. The van der Waals surface area contributed by atoms with Gasteiger partial charge in [-0.15, -0.1) is 0 Å². The van der Waals surface area contributed by atoms with Crippen LogP contribution in [0.5, 0.6) is 5.75 Å². The molecule has 1 aliphatic rings. The number of benzene rings is 1. The topological polar surface area (TPSA) is 75.0 Å². The van der Waals surface area contributed by atoms with Gasteiger partial charge in [0, 0.05) is 0 Å². The zero-order valence-electron chi connectivity index (χ0n) is 12.4. The molecule has 0 amide bonds. The Hall–Kier alpha value is -1.56. The summed E-state index contributed by atoms with van der Waals surface area (Å²) >= 11 is -1.81. The second-order valence-electron chi connectivity index (χ2n) is 5.20. The SMILES string of the molecule is COC(=O)[O][Hg][CH2]C1Cc2c(ccc3c(C)cc(=O)oc23)O1. The summed E-state index contributed by atoms with van der Waals surface area (Å²) in [6.07, 6.45) is 0.0471. The zero-order valence-corrected chi connectivity index (χ0v) is 17.9. The van der Waals surface area contributed by atoms with Gasteiger partial charge in [0.05, 0.1) is 0 Å². The van der Waals surface area contributed by atoms with Crippen LogP contribution in [0.25, 0.3) is 11.0 Å². The predicted molar refractivity (Wildman–Crippen MR) is 73.6 cm³/mol. The molecule has 7 heteroatoms. The van der Waals surface area contributed by atoms with Gasteiger partial charge in [-0.05, 0) is 0 Å². The molecular weight excluding hydrogens is 477 g/mol. The Morgan fingerprint density at radius 1 is 1.45 bits per heavy atom. The average molecular weight is 491 g/mol. The van der Waals surface area contributed by atoms with E-state index in [0.29, 0.717) is 12.0 Å². The van der Waals surface area contributed by atoms with E-state index in [-0.39, 0.29) is 11.7 Å². The second-order valence-corrected chi connectivity index (χ2v) is 10.2. The summed E-state index contributed by atoms with van der Waals surface area (Å²) in [7, 11) is 1.30. The van der Waals surface area contributed by atoms with Crippen LogP contribution in [0.2, 0.25) is 3.93 Å². The fourth-order valence-corrected chi connectivity index (χ4v) is 6.51.